The van der Waals surface area contributed by atoms with Gasteiger partial charge in [-0.25, -0.2) is 9.36 Å². The van der Waals surface area contributed by atoms with E-state index in [2.05, 4.69) is 15.0 Å². The Morgan fingerprint density at radius 3 is 2.67 bits per heavy atom. The van der Waals surface area contributed by atoms with Gasteiger partial charge in [-0.3, -0.25) is 14.8 Å². The van der Waals surface area contributed by atoms with Gasteiger partial charge in [-0.05, 0) is 37.1 Å². The lowest BCUT2D eigenvalue weighted by Crippen LogP contribution is -2.33. The van der Waals surface area contributed by atoms with Crippen LogP contribution in [0.2, 0.25) is 5.02 Å². The Hall–Kier alpha value is -3.58. The molecule has 0 bridgehead atoms. The average Bonchev–Trinajstić information content (AvgIpc) is 3.12. The maximum atomic E-state index is 12.4. The van der Waals surface area contributed by atoms with E-state index in [4.69, 9.17) is 11.6 Å². The quantitative estimate of drug-likeness (QED) is 0.429. The Kier molecular flexibility index (Phi) is 5.29. The minimum atomic E-state index is -0.777. The van der Waals surface area contributed by atoms with Gasteiger partial charge in [-0.15, -0.1) is 0 Å². The molecule has 0 amide bonds. The molecule has 0 radical (unpaired) electrons. The third-order valence-electron chi connectivity index (χ3n) is 4.95. The fourth-order valence-electron chi connectivity index (χ4n) is 3.47. The van der Waals surface area contributed by atoms with Gasteiger partial charge < -0.3 is 10.1 Å². The molecule has 30 heavy (non-hydrogen) atoms. The third kappa shape index (κ3) is 3.55. The number of aromatic nitrogens is 3. The molecule has 0 saturated carbocycles. The van der Waals surface area contributed by atoms with E-state index in [9.17, 15) is 14.7 Å². The van der Waals surface area contributed by atoms with Crippen LogP contribution in [0.15, 0.2) is 69.3 Å². The molecule has 4 aromatic rings. The summed E-state index contributed by atoms with van der Waals surface area (Å²) in [5.74, 6) is -0.495. The van der Waals surface area contributed by atoms with Crippen LogP contribution in [-0.2, 0) is 6.42 Å². The van der Waals surface area contributed by atoms with Crippen molar-refractivity contribution in [1.82, 2.24) is 14.5 Å². The summed E-state index contributed by atoms with van der Waals surface area (Å²) in [6, 6.07) is 14.5. The highest BCUT2D eigenvalue weighted by Crippen LogP contribution is 2.24. The van der Waals surface area contributed by atoms with E-state index in [0.29, 0.717) is 18.7 Å². The van der Waals surface area contributed by atoms with E-state index in [-0.39, 0.29) is 16.3 Å². The van der Waals surface area contributed by atoms with Gasteiger partial charge in [0.2, 0.25) is 5.88 Å². The van der Waals surface area contributed by atoms with Crippen molar-refractivity contribution in [1.29, 1.82) is 0 Å². The normalized spacial score (nSPS) is 11.9. The molecule has 7 nitrogen and oxygen atoms in total. The fraction of sp³-hybridized carbons (Fsp3) is 0.136. The van der Waals surface area contributed by atoms with Crippen LogP contribution < -0.4 is 11.2 Å². The molecule has 0 atom stereocenters. The number of aliphatic imine (C=N–C) groups is 1. The van der Waals surface area contributed by atoms with Gasteiger partial charge in [0.05, 0.1) is 10.7 Å². The minimum Gasteiger partial charge on any atom is -0.493 e. The molecule has 8 heteroatoms. The van der Waals surface area contributed by atoms with Crippen LogP contribution in [0.4, 0.5) is 0 Å². The number of rotatable bonds is 5. The summed E-state index contributed by atoms with van der Waals surface area (Å²) < 4.78 is 0.970. The first-order valence-electron chi connectivity index (χ1n) is 9.37. The van der Waals surface area contributed by atoms with Gasteiger partial charge in [0.1, 0.15) is 5.56 Å². The first-order valence-corrected chi connectivity index (χ1v) is 9.75. The number of fused-ring (bicyclic) bond motifs is 1. The van der Waals surface area contributed by atoms with E-state index in [0.717, 1.165) is 21.0 Å². The molecule has 0 aliphatic carbocycles. The van der Waals surface area contributed by atoms with Crippen molar-refractivity contribution in [2.75, 3.05) is 6.54 Å². The van der Waals surface area contributed by atoms with Gasteiger partial charge in [0.15, 0.2) is 0 Å². The lowest BCUT2D eigenvalue weighted by atomic mass is 10.1. The summed E-state index contributed by atoms with van der Waals surface area (Å²) >= 11 is 6.17. The van der Waals surface area contributed by atoms with Crippen molar-refractivity contribution < 1.29 is 5.11 Å². The Labute approximate surface area is 176 Å². The molecule has 0 aliphatic rings. The minimum absolute atomic E-state index is 0.0616. The molecule has 4 rings (SSSR count). The van der Waals surface area contributed by atoms with Crippen molar-refractivity contribution in [3.63, 3.8) is 0 Å². The first-order chi connectivity index (χ1) is 14.5. The van der Waals surface area contributed by atoms with Crippen molar-refractivity contribution in [3.05, 3.63) is 91.7 Å². The molecule has 152 valence electrons. The highest BCUT2D eigenvalue weighted by atomic mass is 35.5. The second-order valence-electron chi connectivity index (χ2n) is 6.82. The predicted molar refractivity (Wildman–Crippen MR) is 118 cm³/mol. The third-order valence-corrected chi connectivity index (χ3v) is 5.27. The molecule has 0 saturated heterocycles. The monoisotopic (exact) mass is 422 g/mol. The Morgan fingerprint density at radius 2 is 1.87 bits per heavy atom. The van der Waals surface area contributed by atoms with Crippen LogP contribution in [0.5, 0.6) is 5.88 Å². The molecule has 2 aromatic heterocycles. The number of aromatic amines is 2. The van der Waals surface area contributed by atoms with Gasteiger partial charge in [-0.2, -0.15) is 0 Å². The lowest BCUT2D eigenvalue weighted by Gasteiger charge is -2.12. The fourth-order valence-corrected chi connectivity index (χ4v) is 3.69. The van der Waals surface area contributed by atoms with Crippen LogP contribution >= 0.6 is 11.6 Å². The SMILES string of the molecule is CC(=NCCc1c[nH]c2ccccc12)c1c(O)n(-c2ccccc2Cl)c(=O)[nH]c1=O. The Bertz CT molecular complexity index is 1380. The molecule has 0 aliphatic heterocycles. The van der Waals surface area contributed by atoms with Crippen molar-refractivity contribution >= 4 is 28.2 Å². The second-order valence-corrected chi connectivity index (χ2v) is 7.23. The number of hydrogen-bond donors (Lipinski definition) is 3. The maximum Gasteiger partial charge on any atom is 0.335 e. The zero-order valence-corrected chi connectivity index (χ0v) is 16.9. The zero-order chi connectivity index (χ0) is 21.3. The molecular weight excluding hydrogens is 404 g/mol. The number of H-pyrrole nitrogens is 2. The van der Waals surface area contributed by atoms with E-state index < -0.39 is 17.1 Å². The largest absolute Gasteiger partial charge is 0.493 e. The van der Waals surface area contributed by atoms with E-state index in [1.807, 2.05) is 30.5 Å². The maximum absolute atomic E-state index is 12.4. The van der Waals surface area contributed by atoms with Gasteiger partial charge in [-0.1, -0.05) is 41.9 Å². The second kappa shape index (κ2) is 8.04. The molecule has 0 unspecified atom stereocenters. The number of nitrogens with one attached hydrogen (secondary N) is 2. The van der Waals surface area contributed by atoms with Crippen molar-refractivity contribution in [3.8, 4) is 11.6 Å². The number of nitrogens with zero attached hydrogens (tertiary/aromatic N) is 2. The van der Waals surface area contributed by atoms with Crippen LogP contribution in [-0.4, -0.2) is 31.9 Å². The van der Waals surface area contributed by atoms with E-state index >= 15 is 0 Å². The van der Waals surface area contributed by atoms with Crippen LogP contribution in [0.1, 0.15) is 18.1 Å². The number of halogens is 1. The van der Waals surface area contributed by atoms with Gasteiger partial charge >= 0.3 is 5.69 Å². The summed E-state index contributed by atoms with van der Waals surface area (Å²) in [6.07, 6.45) is 2.60. The lowest BCUT2D eigenvalue weighted by molar-refractivity contribution is 0.429. The molecule has 0 fully saturated rings. The molecule has 0 spiro atoms. The topological polar surface area (TPSA) is 103 Å². The number of para-hydroxylation sites is 2. The van der Waals surface area contributed by atoms with Gasteiger partial charge in [0, 0.05) is 29.4 Å². The smallest absolute Gasteiger partial charge is 0.335 e. The van der Waals surface area contributed by atoms with Gasteiger partial charge in [0.25, 0.3) is 5.56 Å². The average molecular weight is 423 g/mol. The Morgan fingerprint density at radius 1 is 1.13 bits per heavy atom. The van der Waals surface area contributed by atoms with Crippen LogP contribution in [0.3, 0.4) is 0 Å². The van der Waals surface area contributed by atoms with Crippen molar-refractivity contribution in [2.24, 2.45) is 4.99 Å². The highest BCUT2D eigenvalue weighted by molar-refractivity contribution is 6.32. The first kappa shape index (κ1) is 19.7. The summed E-state index contributed by atoms with van der Waals surface area (Å²) in [5, 5.41) is 12.1. The van der Waals surface area contributed by atoms with Crippen LogP contribution in [0, 0.1) is 0 Å². The zero-order valence-electron chi connectivity index (χ0n) is 16.1. The predicted octanol–water partition coefficient (Wildman–Crippen LogP) is 3.42. The highest BCUT2D eigenvalue weighted by Gasteiger charge is 2.19. The van der Waals surface area contributed by atoms with E-state index in [1.165, 1.54) is 0 Å². The standard InChI is InChI=1S/C22H19ClN4O3/c1-13(24-11-10-14-12-25-17-8-4-2-6-15(14)17)19-20(28)26-22(30)27(21(19)29)18-9-5-3-7-16(18)23/h2-9,12,25,29H,10-11H2,1H3,(H,26,28,30). The molecule has 2 heterocycles. The summed E-state index contributed by atoms with van der Waals surface area (Å²) in [7, 11) is 0. The summed E-state index contributed by atoms with van der Waals surface area (Å²) in [6.45, 7) is 2.04. The van der Waals surface area contributed by atoms with E-state index in [1.54, 1.807) is 31.2 Å². The molecule has 3 N–H and O–H groups in total. The molecular formula is C22H19ClN4O3. The number of benzene rings is 2. The number of aromatic hydroxyl groups is 1. The van der Waals surface area contributed by atoms with Crippen molar-refractivity contribution in [2.45, 2.75) is 13.3 Å². The molecule has 2 aromatic carbocycles. The van der Waals surface area contributed by atoms with Crippen LogP contribution in [0.25, 0.3) is 16.6 Å². The summed E-state index contributed by atoms with van der Waals surface area (Å²) in [4.78, 5) is 34.6. The Balaban J connectivity index is 1.68. The number of hydrogen-bond acceptors (Lipinski definition) is 4. The summed E-state index contributed by atoms with van der Waals surface area (Å²) in [5.41, 5.74) is 1.22.